The van der Waals surface area contributed by atoms with E-state index < -0.39 is 0 Å². The molecule has 138 valence electrons. The van der Waals surface area contributed by atoms with E-state index in [1.54, 1.807) is 37.8 Å². The Labute approximate surface area is 161 Å². The van der Waals surface area contributed by atoms with Gasteiger partial charge in [-0.3, -0.25) is 9.78 Å². The molecule has 0 unspecified atom stereocenters. The predicted octanol–water partition coefficient (Wildman–Crippen LogP) is 2.61. The van der Waals surface area contributed by atoms with Crippen LogP contribution in [0.4, 0.5) is 5.82 Å². The number of piperazine rings is 1. The van der Waals surface area contributed by atoms with Crippen LogP contribution in [0.1, 0.15) is 17.3 Å². The molecule has 1 aromatic heterocycles. The summed E-state index contributed by atoms with van der Waals surface area (Å²) in [7, 11) is 1.57. The molecule has 0 bridgehead atoms. The first kappa shape index (κ1) is 18.4. The van der Waals surface area contributed by atoms with Crippen molar-refractivity contribution in [2.75, 3.05) is 44.8 Å². The highest BCUT2D eigenvalue weighted by Crippen LogP contribution is 2.37. The molecule has 1 saturated heterocycles. The van der Waals surface area contributed by atoms with Crippen molar-refractivity contribution in [1.29, 1.82) is 0 Å². The fourth-order valence-corrected chi connectivity index (χ4v) is 3.46. The molecule has 3 rings (SSSR count). The molecular formula is C18H21BrN4O3. The number of anilines is 1. The van der Waals surface area contributed by atoms with Crippen LogP contribution in [-0.2, 0) is 0 Å². The van der Waals surface area contributed by atoms with Gasteiger partial charge in [0.05, 0.1) is 24.4 Å². The summed E-state index contributed by atoms with van der Waals surface area (Å²) in [5, 5.41) is 0. The summed E-state index contributed by atoms with van der Waals surface area (Å²) >= 11 is 3.47. The second-order valence-electron chi connectivity index (χ2n) is 5.77. The number of ether oxygens (including phenoxy) is 2. The van der Waals surface area contributed by atoms with Gasteiger partial charge in [0.1, 0.15) is 5.82 Å². The summed E-state index contributed by atoms with van der Waals surface area (Å²) in [4.78, 5) is 25.3. The number of hydrogen-bond acceptors (Lipinski definition) is 6. The van der Waals surface area contributed by atoms with Gasteiger partial charge in [-0.05, 0) is 35.0 Å². The third-order valence-electron chi connectivity index (χ3n) is 4.21. The number of hydrogen-bond donors (Lipinski definition) is 0. The van der Waals surface area contributed by atoms with Crippen molar-refractivity contribution in [3.8, 4) is 11.5 Å². The van der Waals surface area contributed by atoms with E-state index in [4.69, 9.17) is 9.47 Å². The van der Waals surface area contributed by atoms with Crippen LogP contribution in [0.15, 0.2) is 35.2 Å². The van der Waals surface area contributed by atoms with Gasteiger partial charge in [-0.15, -0.1) is 0 Å². The van der Waals surface area contributed by atoms with Crippen LogP contribution in [0.3, 0.4) is 0 Å². The highest BCUT2D eigenvalue weighted by atomic mass is 79.9. The summed E-state index contributed by atoms with van der Waals surface area (Å²) in [6.45, 7) is 5.12. The molecule has 0 saturated carbocycles. The van der Waals surface area contributed by atoms with Crippen LogP contribution in [0.25, 0.3) is 0 Å². The molecule has 0 aliphatic carbocycles. The van der Waals surface area contributed by atoms with Crippen molar-refractivity contribution in [2.45, 2.75) is 6.92 Å². The van der Waals surface area contributed by atoms with Gasteiger partial charge in [0.2, 0.25) is 0 Å². The van der Waals surface area contributed by atoms with Gasteiger partial charge in [-0.1, -0.05) is 0 Å². The Balaban J connectivity index is 1.71. The highest BCUT2D eigenvalue weighted by Gasteiger charge is 2.24. The lowest BCUT2D eigenvalue weighted by Crippen LogP contribution is -2.49. The first-order chi connectivity index (χ1) is 12.6. The average Bonchev–Trinajstić information content (AvgIpc) is 2.69. The molecule has 0 atom stereocenters. The molecule has 8 heteroatoms. The lowest BCUT2D eigenvalue weighted by atomic mass is 10.1. The number of benzene rings is 1. The number of halogens is 1. The minimum atomic E-state index is -0.0224. The van der Waals surface area contributed by atoms with Crippen LogP contribution in [0.5, 0.6) is 11.5 Å². The second-order valence-corrected chi connectivity index (χ2v) is 6.62. The van der Waals surface area contributed by atoms with Crippen LogP contribution < -0.4 is 14.4 Å². The van der Waals surface area contributed by atoms with Crippen molar-refractivity contribution in [3.63, 3.8) is 0 Å². The third kappa shape index (κ3) is 3.90. The van der Waals surface area contributed by atoms with E-state index in [0.717, 1.165) is 18.9 Å². The summed E-state index contributed by atoms with van der Waals surface area (Å²) in [5.74, 6) is 1.97. The topological polar surface area (TPSA) is 67.8 Å². The zero-order valence-electron chi connectivity index (χ0n) is 14.8. The lowest BCUT2D eigenvalue weighted by molar-refractivity contribution is 0.0746. The number of aromatic nitrogens is 2. The molecule has 1 amide bonds. The van der Waals surface area contributed by atoms with Crippen LogP contribution in [-0.4, -0.2) is 60.7 Å². The normalized spacial score (nSPS) is 14.3. The Morgan fingerprint density at radius 2 is 2.00 bits per heavy atom. The maximum absolute atomic E-state index is 12.9. The monoisotopic (exact) mass is 420 g/mol. The smallest absolute Gasteiger partial charge is 0.254 e. The maximum atomic E-state index is 12.9. The Hall–Kier alpha value is -2.35. The van der Waals surface area contributed by atoms with Gasteiger partial charge >= 0.3 is 0 Å². The minimum absolute atomic E-state index is 0.0224. The van der Waals surface area contributed by atoms with Crippen LogP contribution in [0.2, 0.25) is 0 Å². The first-order valence-electron chi connectivity index (χ1n) is 8.44. The predicted molar refractivity (Wildman–Crippen MR) is 102 cm³/mol. The molecule has 1 aromatic carbocycles. The third-order valence-corrected chi connectivity index (χ3v) is 4.79. The largest absolute Gasteiger partial charge is 0.493 e. The Bertz CT molecular complexity index is 765. The number of carbonyl (C=O) groups is 1. The Morgan fingerprint density at radius 3 is 2.62 bits per heavy atom. The van der Waals surface area contributed by atoms with E-state index in [-0.39, 0.29) is 5.91 Å². The minimum Gasteiger partial charge on any atom is -0.493 e. The lowest BCUT2D eigenvalue weighted by Gasteiger charge is -2.35. The van der Waals surface area contributed by atoms with Crippen LogP contribution >= 0.6 is 15.9 Å². The van der Waals surface area contributed by atoms with Gasteiger partial charge in [0, 0.05) is 44.1 Å². The molecule has 2 aromatic rings. The quantitative estimate of drug-likeness (QED) is 0.740. The van der Waals surface area contributed by atoms with Gasteiger partial charge < -0.3 is 19.3 Å². The zero-order chi connectivity index (χ0) is 18.5. The zero-order valence-corrected chi connectivity index (χ0v) is 16.4. The molecule has 26 heavy (non-hydrogen) atoms. The van der Waals surface area contributed by atoms with Crippen LogP contribution in [0, 0.1) is 0 Å². The number of amides is 1. The van der Waals surface area contributed by atoms with Crippen molar-refractivity contribution < 1.29 is 14.3 Å². The fraction of sp³-hybridized carbons (Fsp3) is 0.389. The number of methoxy groups -OCH3 is 1. The summed E-state index contributed by atoms with van der Waals surface area (Å²) in [6, 6.07) is 3.51. The van der Waals surface area contributed by atoms with Gasteiger partial charge in [0.25, 0.3) is 5.91 Å². The van der Waals surface area contributed by atoms with Crippen molar-refractivity contribution >= 4 is 27.7 Å². The van der Waals surface area contributed by atoms with Gasteiger partial charge in [0.15, 0.2) is 11.5 Å². The Kier molecular flexibility index (Phi) is 5.92. The molecule has 1 fully saturated rings. The second kappa shape index (κ2) is 8.35. The number of rotatable bonds is 5. The van der Waals surface area contributed by atoms with E-state index in [1.807, 2.05) is 11.8 Å². The molecule has 0 radical (unpaired) electrons. The van der Waals surface area contributed by atoms with E-state index in [9.17, 15) is 4.79 Å². The SMILES string of the molecule is CCOc1c(Br)cc(C(=O)N2CCN(c3cnccn3)CC2)cc1OC. The molecule has 2 heterocycles. The molecule has 0 N–H and O–H groups in total. The Morgan fingerprint density at radius 1 is 1.23 bits per heavy atom. The summed E-state index contributed by atoms with van der Waals surface area (Å²) in [6.07, 6.45) is 5.07. The summed E-state index contributed by atoms with van der Waals surface area (Å²) < 4.78 is 11.7. The van der Waals surface area contributed by atoms with E-state index in [1.165, 1.54) is 0 Å². The summed E-state index contributed by atoms with van der Waals surface area (Å²) in [5.41, 5.74) is 0.574. The molecule has 7 nitrogen and oxygen atoms in total. The van der Waals surface area contributed by atoms with E-state index in [2.05, 4.69) is 30.8 Å². The van der Waals surface area contributed by atoms with Gasteiger partial charge in [-0.25, -0.2) is 4.98 Å². The molecule has 0 spiro atoms. The number of nitrogens with zero attached hydrogens (tertiary/aromatic N) is 4. The maximum Gasteiger partial charge on any atom is 0.254 e. The highest BCUT2D eigenvalue weighted by molar-refractivity contribution is 9.10. The fourth-order valence-electron chi connectivity index (χ4n) is 2.90. The van der Waals surface area contributed by atoms with Gasteiger partial charge in [-0.2, -0.15) is 0 Å². The molecular weight excluding hydrogens is 400 g/mol. The first-order valence-corrected chi connectivity index (χ1v) is 9.24. The van der Waals surface area contributed by atoms with E-state index >= 15 is 0 Å². The molecule has 1 aliphatic heterocycles. The van der Waals surface area contributed by atoms with E-state index in [0.29, 0.717) is 41.2 Å². The average molecular weight is 421 g/mol. The van der Waals surface area contributed by atoms with Crippen molar-refractivity contribution in [2.24, 2.45) is 0 Å². The molecule has 1 aliphatic rings. The standard InChI is InChI=1S/C18H21BrN4O3/c1-3-26-17-14(19)10-13(11-15(17)25-2)18(24)23-8-6-22(7-9-23)16-12-20-4-5-21-16/h4-5,10-12H,3,6-9H2,1-2H3. The van der Waals surface area contributed by atoms with Crippen molar-refractivity contribution in [1.82, 2.24) is 14.9 Å². The number of carbonyl (C=O) groups excluding carboxylic acids is 1. The van der Waals surface area contributed by atoms with Crippen molar-refractivity contribution in [3.05, 3.63) is 40.8 Å².